The Morgan fingerprint density at radius 2 is 1.90 bits per heavy atom. The Hall–Kier alpha value is -1.10. The summed E-state index contributed by atoms with van der Waals surface area (Å²) in [4.78, 5) is 2.18. The van der Waals surface area contributed by atoms with Gasteiger partial charge in [0.05, 0.1) is 12.2 Å². The molecule has 20 heavy (non-hydrogen) atoms. The second-order valence-electron chi connectivity index (χ2n) is 5.66. The third-order valence-corrected chi connectivity index (χ3v) is 3.07. The Bertz CT molecular complexity index is 371. The topological polar surface area (TPSA) is 44.7 Å². The van der Waals surface area contributed by atoms with Crippen molar-refractivity contribution >= 4 is 5.69 Å². The van der Waals surface area contributed by atoms with Crippen LogP contribution in [0.4, 0.5) is 5.69 Å². The molecule has 0 saturated heterocycles. The van der Waals surface area contributed by atoms with E-state index in [1.807, 2.05) is 13.8 Å². The van der Waals surface area contributed by atoms with Gasteiger partial charge in [-0.1, -0.05) is 12.1 Å². The van der Waals surface area contributed by atoms with E-state index in [4.69, 9.17) is 4.74 Å². The van der Waals surface area contributed by atoms with Crippen LogP contribution in [0.3, 0.4) is 0 Å². The SMILES string of the molecule is CCN(CC(C)(C)O)c1ccc(CNCCOC)cc1. The maximum atomic E-state index is 9.94. The number of likely N-dealkylation sites (N-methyl/N-ethyl adjacent to an activating group) is 1. The zero-order valence-electron chi connectivity index (χ0n) is 13.1. The smallest absolute Gasteiger partial charge is 0.0765 e. The van der Waals surface area contributed by atoms with Gasteiger partial charge in [0.25, 0.3) is 0 Å². The van der Waals surface area contributed by atoms with E-state index in [9.17, 15) is 5.11 Å². The van der Waals surface area contributed by atoms with Gasteiger partial charge in [-0.2, -0.15) is 0 Å². The molecule has 0 bridgehead atoms. The summed E-state index contributed by atoms with van der Waals surface area (Å²) in [7, 11) is 1.71. The summed E-state index contributed by atoms with van der Waals surface area (Å²) in [6, 6.07) is 8.48. The first-order valence-electron chi connectivity index (χ1n) is 7.22. The van der Waals surface area contributed by atoms with E-state index in [-0.39, 0.29) is 0 Å². The number of hydrogen-bond donors (Lipinski definition) is 2. The molecule has 1 rings (SSSR count). The molecule has 0 heterocycles. The Morgan fingerprint density at radius 3 is 2.40 bits per heavy atom. The summed E-state index contributed by atoms with van der Waals surface area (Å²) in [5.41, 5.74) is 1.72. The number of methoxy groups -OCH3 is 1. The van der Waals surface area contributed by atoms with Crippen molar-refractivity contribution < 1.29 is 9.84 Å². The quantitative estimate of drug-likeness (QED) is 0.679. The lowest BCUT2D eigenvalue weighted by atomic mass is 10.1. The first-order valence-corrected chi connectivity index (χ1v) is 7.22. The van der Waals surface area contributed by atoms with Crippen LogP contribution < -0.4 is 10.2 Å². The molecular weight excluding hydrogens is 252 g/mol. The van der Waals surface area contributed by atoms with Gasteiger partial charge in [0.15, 0.2) is 0 Å². The molecular formula is C16H28N2O2. The molecule has 0 aromatic heterocycles. The molecule has 0 amide bonds. The lowest BCUT2D eigenvalue weighted by Crippen LogP contribution is -2.38. The van der Waals surface area contributed by atoms with Crippen molar-refractivity contribution in [1.29, 1.82) is 0 Å². The second kappa shape index (κ2) is 8.25. The summed E-state index contributed by atoms with van der Waals surface area (Å²) in [5, 5.41) is 13.3. The zero-order valence-corrected chi connectivity index (χ0v) is 13.1. The number of aliphatic hydroxyl groups is 1. The molecule has 0 radical (unpaired) electrons. The molecule has 0 fully saturated rings. The summed E-state index contributed by atoms with van der Waals surface area (Å²) in [6.45, 7) is 9.73. The van der Waals surface area contributed by atoms with Gasteiger partial charge >= 0.3 is 0 Å². The van der Waals surface area contributed by atoms with E-state index in [1.165, 1.54) is 5.56 Å². The molecule has 0 saturated carbocycles. The molecule has 4 nitrogen and oxygen atoms in total. The average molecular weight is 280 g/mol. The number of nitrogens with one attached hydrogen (secondary N) is 1. The predicted molar refractivity (Wildman–Crippen MR) is 84.2 cm³/mol. The number of anilines is 1. The molecule has 0 aliphatic rings. The minimum atomic E-state index is -0.684. The Labute approximate surface area is 122 Å². The third-order valence-electron chi connectivity index (χ3n) is 3.07. The monoisotopic (exact) mass is 280 g/mol. The van der Waals surface area contributed by atoms with Crippen molar-refractivity contribution in [2.45, 2.75) is 32.9 Å². The van der Waals surface area contributed by atoms with E-state index in [2.05, 4.69) is 41.4 Å². The van der Waals surface area contributed by atoms with Gasteiger partial charge in [-0.15, -0.1) is 0 Å². The summed E-state index contributed by atoms with van der Waals surface area (Å²) in [5.74, 6) is 0. The van der Waals surface area contributed by atoms with E-state index < -0.39 is 5.60 Å². The highest BCUT2D eigenvalue weighted by Crippen LogP contribution is 2.18. The molecule has 0 aliphatic carbocycles. The van der Waals surface area contributed by atoms with Gasteiger partial charge in [0.1, 0.15) is 0 Å². The minimum Gasteiger partial charge on any atom is -0.389 e. The van der Waals surface area contributed by atoms with Crippen LogP contribution in [0.2, 0.25) is 0 Å². The largest absolute Gasteiger partial charge is 0.389 e. The molecule has 2 N–H and O–H groups in total. The molecule has 0 unspecified atom stereocenters. The van der Waals surface area contributed by atoms with E-state index in [0.717, 1.165) is 31.9 Å². The van der Waals surface area contributed by atoms with Crippen LogP contribution in [0, 0.1) is 0 Å². The van der Waals surface area contributed by atoms with Gasteiger partial charge in [0.2, 0.25) is 0 Å². The van der Waals surface area contributed by atoms with Crippen LogP contribution in [-0.4, -0.2) is 44.1 Å². The number of hydrogen-bond acceptors (Lipinski definition) is 4. The van der Waals surface area contributed by atoms with Gasteiger partial charge in [0, 0.05) is 39.0 Å². The van der Waals surface area contributed by atoms with Crippen LogP contribution >= 0.6 is 0 Å². The number of rotatable bonds is 9. The van der Waals surface area contributed by atoms with Crippen molar-refractivity contribution in [3.05, 3.63) is 29.8 Å². The van der Waals surface area contributed by atoms with Crippen molar-refractivity contribution in [1.82, 2.24) is 5.32 Å². The van der Waals surface area contributed by atoms with Gasteiger partial charge in [-0.05, 0) is 38.5 Å². The normalized spacial score (nSPS) is 11.7. The highest BCUT2D eigenvalue weighted by Gasteiger charge is 2.17. The molecule has 1 aromatic rings. The fraction of sp³-hybridized carbons (Fsp3) is 0.625. The van der Waals surface area contributed by atoms with E-state index >= 15 is 0 Å². The molecule has 0 spiro atoms. The van der Waals surface area contributed by atoms with Gasteiger partial charge in [-0.3, -0.25) is 0 Å². The van der Waals surface area contributed by atoms with Crippen molar-refractivity contribution in [3.63, 3.8) is 0 Å². The minimum absolute atomic E-state index is 0.634. The maximum absolute atomic E-state index is 9.94. The van der Waals surface area contributed by atoms with E-state index in [0.29, 0.717) is 6.54 Å². The predicted octanol–water partition coefficient (Wildman–Crippen LogP) is 2.02. The summed E-state index contributed by atoms with van der Waals surface area (Å²) in [6.07, 6.45) is 0. The number of nitrogens with zero attached hydrogens (tertiary/aromatic N) is 1. The van der Waals surface area contributed by atoms with Crippen molar-refractivity contribution in [2.75, 3.05) is 38.3 Å². The van der Waals surface area contributed by atoms with E-state index in [1.54, 1.807) is 7.11 Å². The van der Waals surface area contributed by atoms with Crippen LogP contribution in [0.25, 0.3) is 0 Å². The van der Waals surface area contributed by atoms with Crippen LogP contribution in [0.1, 0.15) is 26.3 Å². The van der Waals surface area contributed by atoms with Gasteiger partial charge < -0.3 is 20.1 Å². The molecule has 114 valence electrons. The highest BCUT2D eigenvalue weighted by molar-refractivity contribution is 5.47. The van der Waals surface area contributed by atoms with Crippen LogP contribution in [-0.2, 0) is 11.3 Å². The number of ether oxygens (including phenoxy) is 1. The van der Waals surface area contributed by atoms with Crippen molar-refractivity contribution in [2.24, 2.45) is 0 Å². The third kappa shape index (κ3) is 6.37. The average Bonchev–Trinajstić information content (AvgIpc) is 2.41. The molecule has 0 aliphatic heterocycles. The van der Waals surface area contributed by atoms with Crippen molar-refractivity contribution in [3.8, 4) is 0 Å². The zero-order chi connectivity index (χ0) is 15.0. The Morgan fingerprint density at radius 1 is 1.25 bits per heavy atom. The Balaban J connectivity index is 2.55. The molecule has 4 heteroatoms. The maximum Gasteiger partial charge on any atom is 0.0765 e. The molecule has 1 aromatic carbocycles. The summed E-state index contributed by atoms with van der Waals surface area (Å²) < 4.78 is 5.00. The molecule has 0 atom stereocenters. The van der Waals surface area contributed by atoms with Crippen LogP contribution in [0.5, 0.6) is 0 Å². The lowest BCUT2D eigenvalue weighted by molar-refractivity contribution is 0.0876. The number of benzene rings is 1. The fourth-order valence-corrected chi connectivity index (χ4v) is 2.08. The van der Waals surface area contributed by atoms with Crippen LogP contribution in [0.15, 0.2) is 24.3 Å². The first-order chi connectivity index (χ1) is 9.46. The lowest BCUT2D eigenvalue weighted by Gasteiger charge is -2.30. The van der Waals surface area contributed by atoms with Gasteiger partial charge in [-0.25, -0.2) is 0 Å². The summed E-state index contributed by atoms with van der Waals surface area (Å²) >= 11 is 0. The highest BCUT2D eigenvalue weighted by atomic mass is 16.5. The standard InChI is InChI=1S/C16H28N2O2/c1-5-18(13-16(2,3)19)15-8-6-14(7-9-15)12-17-10-11-20-4/h6-9,17,19H,5,10-13H2,1-4H3. The fourth-order valence-electron chi connectivity index (χ4n) is 2.08. The first kappa shape index (κ1) is 17.0. The second-order valence-corrected chi connectivity index (χ2v) is 5.66. The Kier molecular flexibility index (Phi) is 6.99.